The van der Waals surface area contributed by atoms with Gasteiger partial charge in [0.1, 0.15) is 11.6 Å². The van der Waals surface area contributed by atoms with Crippen molar-refractivity contribution in [1.29, 1.82) is 0 Å². The first-order valence-corrected chi connectivity index (χ1v) is 9.17. The van der Waals surface area contributed by atoms with Crippen molar-refractivity contribution in [3.63, 3.8) is 0 Å². The third-order valence-corrected chi connectivity index (χ3v) is 4.90. The molecule has 29 heavy (non-hydrogen) atoms. The number of amidine groups is 1. The minimum Gasteiger partial charge on any atom is -0.496 e. The number of benzene rings is 2. The highest BCUT2D eigenvalue weighted by atomic mass is 16.5. The number of nitrogens with one attached hydrogen (secondary N) is 1. The monoisotopic (exact) mass is 383 g/mol. The number of imidazole rings is 1. The quantitative estimate of drug-likeness (QED) is 0.588. The normalized spacial score (nSPS) is 12.5. The number of fused-ring (bicyclic) bond motifs is 2. The molecule has 7 heteroatoms. The Morgan fingerprint density at radius 2 is 1.97 bits per heavy atom. The Morgan fingerprint density at radius 1 is 1.10 bits per heavy atom. The lowest BCUT2D eigenvalue weighted by Crippen LogP contribution is -2.31. The van der Waals surface area contributed by atoms with Crippen molar-refractivity contribution in [2.75, 3.05) is 7.11 Å². The summed E-state index contributed by atoms with van der Waals surface area (Å²) in [4.78, 5) is 21.7. The van der Waals surface area contributed by atoms with Crippen LogP contribution < -0.4 is 10.1 Å². The van der Waals surface area contributed by atoms with Gasteiger partial charge in [0, 0.05) is 23.7 Å². The summed E-state index contributed by atoms with van der Waals surface area (Å²) in [7, 11) is 1.64. The molecule has 0 bridgehead atoms. The zero-order valence-electron chi connectivity index (χ0n) is 15.7. The lowest BCUT2D eigenvalue weighted by Gasteiger charge is -2.10. The molecule has 1 aliphatic heterocycles. The average molecular weight is 383 g/mol. The molecule has 0 radical (unpaired) electrons. The van der Waals surface area contributed by atoms with Gasteiger partial charge in [-0.1, -0.05) is 30.3 Å². The summed E-state index contributed by atoms with van der Waals surface area (Å²) in [6.07, 6.45) is 3.61. The van der Waals surface area contributed by atoms with Crippen molar-refractivity contribution in [2.45, 2.75) is 6.42 Å². The lowest BCUT2D eigenvalue weighted by molar-refractivity contribution is 0.0969. The van der Waals surface area contributed by atoms with E-state index in [9.17, 15) is 4.79 Å². The third kappa shape index (κ3) is 2.93. The van der Waals surface area contributed by atoms with Crippen LogP contribution in [0.2, 0.25) is 0 Å². The summed E-state index contributed by atoms with van der Waals surface area (Å²) >= 11 is 0. The number of hydrogen-bond donors (Lipinski definition) is 1. The second-order valence-corrected chi connectivity index (χ2v) is 6.64. The maximum absolute atomic E-state index is 12.8. The molecule has 7 nitrogen and oxygen atoms in total. The molecule has 0 atom stereocenters. The molecule has 5 rings (SSSR count). The average Bonchev–Trinajstić information content (AvgIpc) is 3.38. The lowest BCUT2D eigenvalue weighted by atomic mass is 9.99. The topological polar surface area (TPSA) is 80.9 Å². The number of methoxy groups -OCH3 is 1. The Balaban J connectivity index is 1.49. The molecule has 142 valence electrons. The van der Waals surface area contributed by atoms with Gasteiger partial charge in [-0.2, -0.15) is 5.10 Å². The molecular weight excluding hydrogens is 366 g/mol. The number of amides is 1. The summed E-state index contributed by atoms with van der Waals surface area (Å²) in [6.45, 7) is 0. The van der Waals surface area contributed by atoms with Crippen molar-refractivity contribution < 1.29 is 9.53 Å². The molecule has 0 saturated heterocycles. The van der Waals surface area contributed by atoms with Gasteiger partial charge in [0.25, 0.3) is 5.91 Å². The van der Waals surface area contributed by atoms with Gasteiger partial charge < -0.3 is 10.1 Å². The van der Waals surface area contributed by atoms with E-state index in [1.807, 2.05) is 42.5 Å². The Morgan fingerprint density at radius 3 is 2.79 bits per heavy atom. The van der Waals surface area contributed by atoms with Crippen molar-refractivity contribution in [3.05, 3.63) is 78.2 Å². The van der Waals surface area contributed by atoms with E-state index < -0.39 is 0 Å². The van der Waals surface area contributed by atoms with Crippen LogP contribution in [0.5, 0.6) is 5.75 Å². The van der Waals surface area contributed by atoms with E-state index in [2.05, 4.69) is 15.4 Å². The van der Waals surface area contributed by atoms with Gasteiger partial charge in [-0.25, -0.2) is 14.5 Å². The Bertz CT molecular complexity index is 1260. The van der Waals surface area contributed by atoms with Crippen molar-refractivity contribution in [2.24, 2.45) is 4.99 Å². The van der Waals surface area contributed by atoms with Crippen molar-refractivity contribution >= 4 is 23.1 Å². The van der Waals surface area contributed by atoms with E-state index in [1.54, 1.807) is 25.4 Å². The van der Waals surface area contributed by atoms with Crippen LogP contribution >= 0.6 is 0 Å². The standard InChI is InChI=1S/C22H17N5O2/c1-29-18-10-9-15(14-6-3-2-4-7-14)21-16(18)12-19(25-21)26-22(28)17-13-23-20-8-5-11-24-27(17)20/h2-11,13H,12H2,1H3,(H,25,26,28). The largest absolute Gasteiger partial charge is 0.496 e. The highest BCUT2D eigenvalue weighted by Crippen LogP contribution is 2.42. The number of rotatable bonds is 3. The predicted octanol–water partition coefficient (Wildman–Crippen LogP) is 3.42. The van der Waals surface area contributed by atoms with Gasteiger partial charge in [0.05, 0.1) is 19.0 Å². The number of ether oxygens (including phenoxy) is 1. The van der Waals surface area contributed by atoms with Crippen LogP contribution in [0.4, 0.5) is 5.69 Å². The van der Waals surface area contributed by atoms with Crippen molar-refractivity contribution in [1.82, 2.24) is 19.9 Å². The molecule has 0 fully saturated rings. The van der Waals surface area contributed by atoms with Crippen molar-refractivity contribution in [3.8, 4) is 16.9 Å². The molecule has 3 heterocycles. The van der Waals surface area contributed by atoms with E-state index in [-0.39, 0.29) is 5.91 Å². The summed E-state index contributed by atoms with van der Waals surface area (Å²) in [5.41, 5.74) is 4.82. The number of aliphatic imine (C=N–C) groups is 1. The van der Waals surface area contributed by atoms with E-state index in [0.29, 0.717) is 23.6 Å². The summed E-state index contributed by atoms with van der Waals surface area (Å²) in [6, 6.07) is 17.5. The molecule has 1 aliphatic rings. The van der Waals surface area contributed by atoms with Crippen LogP contribution in [0, 0.1) is 0 Å². The van der Waals surface area contributed by atoms with Crippen LogP contribution in [0.25, 0.3) is 16.8 Å². The molecule has 2 aromatic carbocycles. The number of nitrogens with zero attached hydrogens (tertiary/aromatic N) is 4. The minimum absolute atomic E-state index is 0.303. The fourth-order valence-electron chi connectivity index (χ4n) is 3.55. The first-order chi connectivity index (χ1) is 14.2. The van der Waals surface area contributed by atoms with Crippen LogP contribution in [0.15, 0.2) is 72.0 Å². The van der Waals surface area contributed by atoms with Crippen LogP contribution in [-0.4, -0.2) is 33.5 Å². The summed E-state index contributed by atoms with van der Waals surface area (Å²) < 4.78 is 7.03. The molecule has 4 aromatic rings. The van der Waals surface area contributed by atoms with E-state index in [4.69, 9.17) is 9.73 Å². The zero-order chi connectivity index (χ0) is 19.8. The first-order valence-electron chi connectivity index (χ1n) is 9.17. The molecule has 1 N–H and O–H groups in total. The predicted molar refractivity (Wildman–Crippen MR) is 110 cm³/mol. The molecular formula is C22H17N5O2. The van der Waals surface area contributed by atoms with Gasteiger partial charge >= 0.3 is 0 Å². The minimum atomic E-state index is -0.303. The maximum Gasteiger partial charge on any atom is 0.276 e. The highest BCUT2D eigenvalue weighted by Gasteiger charge is 2.25. The van der Waals surface area contributed by atoms with E-state index in [0.717, 1.165) is 28.1 Å². The van der Waals surface area contributed by atoms with Crippen LogP contribution in [0.3, 0.4) is 0 Å². The van der Waals surface area contributed by atoms with Gasteiger partial charge in [-0.3, -0.25) is 4.79 Å². The second kappa shape index (κ2) is 6.87. The maximum atomic E-state index is 12.8. The first kappa shape index (κ1) is 17.1. The smallest absolute Gasteiger partial charge is 0.276 e. The summed E-state index contributed by atoms with van der Waals surface area (Å²) in [5, 5.41) is 7.10. The fraction of sp³-hybridized carbons (Fsp3) is 0.0909. The Labute approximate surface area is 166 Å². The third-order valence-electron chi connectivity index (χ3n) is 4.90. The molecule has 2 aromatic heterocycles. The van der Waals surface area contributed by atoms with Gasteiger partial charge in [0.2, 0.25) is 0 Å². The zero-order valence-corrected chi connectivity index (χ0v) is 15.7. The highest BCUT2D eigenvalue weighted by molar-refractivity contribution is 6.09. The van der Waals surface area contributed by atoms with Gasteiger partial charge in [-0.05, 0) is 29.8 Å². The Kier molecular flexibility index (Phi) is 4.05. The van der Waals surface area contributed by atoms with E-state index >= 15 is 0 Å². The fourth-order valence-corrected chi connectivity index (χ4v) is 3.55. The second-order valence-electron chi connectivity index (χ2n) is 6.64. The van der Waals surface area contributed by atoms with Crippen LogP contribution in [0.1, 0.15) is 16.1 Å². The van der Waals surface area contributed by atoms with Gasteiger partial charge in [-0.15, -0.1) is 0 Å². The molecule has 0 aliphatic carbocycles. The molecule has 0 spiro atoms. The summed E-state index contributed by atoms with van der Waals surface area (Å²) in [5.74, 6) is 1.02. The van der Waals surface area contributed by atoms with E-state index in [1.165, 1.54) is 10.7 Å². The number of hydrogen-bond acceptors (Lipinski definition) is 5. The van der Waals surface area contributed by atoms with Crippen LogP contribution in [-0.2, 0) is 6.42 Å². The molecule has 0 unspecified atom stereocenters. The number of carbonyl (C=O) groups is 1. The molecule has 0 saturated carbocycles. The SMILES string of the molecule is COc1ccc(-c2ccccc2)c2c1CC(NC(=O)c1cnc3cccnn13)=N2. The molecule has 1 amide bonds. The number of carbonyl (C=O) groups excluding carboxylic acids is 1. The Hall–Kier alpha value is -4.00. The number of aromatic nitrogens is 3. The van der Waals surface area contributed by atoms with Gasteiger partial charge in [0.15, 0.2) is 11.3 Å².